The molecule has 0 radical (unpaired) electrons. The molecule has 2 aliphatic rings. The quantitative estimate of drug-likeness (QED) is 0.635. The Kier molecular flexibility index (Phi) is 2.43. The summed E-state index contributed by atoms with van der Waals surface area (Å²) >= 11 is 0. The van der Waals surface area contributed by atoms with Gasteiger partial charge in [-0.05, 0) is 37.5 Å². The Labute approximate surface area is 90.5 Å². The van der Waals surface area contributed by atoms with Gasteiger partial charge in [-0.3, -0.25) is 4.79 Å². The Morgan fingerprint density at radius 1 is 1.33 bits per heavy atom. The molecule has 2 aliphatic carbocycles. The molecule has 4 atom stereocenters. The Bertz CT molecular complexity index is 285. The van der Waals surface area contributed by atoms with Crippen LogP contribution < -0.4 is 0 Å². The molecule has 0 amide bonds. The SMILES string of the molecule is CC12CCC(O)C(C)(O)C1CCC(=O)C2. The molecule has 15 heavy (non-hydrogen) atoms. The first-order valence-corrected chi connectivity index (χ1v) is 5.78. The number of rotatable bonds is 0. The van der Waals surface area contributed by atoms with E-state index in [0.29, 0.717) is 25.0 Å². The standard InChI is InChI=1S/C12H20O3/c1-11-6-5-10(14)12(2,15)9(11)4-3-8(13)7-11/h9-10,14-15H,3-7H2,1-2H3. The molecule has 2 saturated carbocycles. The summed E-state index contributed by atoms with van der Waals surface area (Å²) in [6.45, 7) is 3.80. The zero-order valence-electron chi connectivity index (χ0n) is 9.49. The van der Waals surface area contributed by atoms with Crippen LogP contribution in [0.3, 0.4) is 0 Å². The van der Waals surface area contributed by atoms with Crippen LogP contribution in [-0.2, 0) is 4.79 Å². The molecule has 2 fully saturated rings. The normalized spacial score (nSPS) is 51.3. The van der Waals surface area contributed by atoms with Crippen LogP contribution >= 0.6 is 0 Å². The Balaban J connectivity index is 2.29. The lowest BCUT2D eigenvalue weighted by atomic mass is 9.54. The minimum Gasteiger partial charge on any atom is -0.390 e. The Morgan fingerprint density at radius 3 is 2.67 bits per heavy atom. The van der Waals surface area contributed by atoms with E-state index < -0.39 is 11.7 Å². The summed E-state index contributed by atoms with van der Waals surface area (Å²) in [4.78, 5) is 11.5. The van der Waals surface area contributed by atoms with Crippen molar-refractivity contribution < 1.29 is 15.0 Å². The fourth-order valence-corrected chi connectivity index (χ4v) is 3.57. The number of Topliss-reactive ketones (excluding diaryl/α,β-unsaturated/α-hetero) is 1. The molecule has 0 aromatic heterocycles. The summed E-state index contributed by atoms with van der Waals surface area (Å²) in [7, 11) is 0. The first-order chi connectivity index (χ1) is 6.86. The van der Waals surface area contributed by atoms with Crippen molar-refractivity contribution in [3.8, 4) is 0 Å². The highest BCUT2D eigenvalue weighted by atomic mass is 16.3. The first kappa shape index (κ1) is 11.1. The van der Waals surface area contributed by atoms with Gasteiger partial charge in [-0.15, -0.1) is 0 Å². The van der Waals surface area contributed by atoms with Crippen LogP contribution in [0.4, 0.5) is 0 Å². The van der Waals surface area contributed by atoms with Gasteiger partial charge < -0.3 is 10.2 Å². The van der Waals surface area contributed by atoms with Crippen LogP contribution in [0.25, 0.3) is 0 Å². The fourth-order valence-electron chi connectivity index (χ4n) is 3.57. The third-order valence-electron chi connectivity index (χ3n) is 4.52. The molecule has 0 saturated heterocycles. The number of carbonyl (C=O) groups excluding carboxylic acids is 1. The Morgan fingerprint density at radius 2 is 2.00 bits per heavy atom. The largest absolute Gasteiger partial charge is 0.390 e. The minimum atomic E-state index is -1.02. The molecule has 0 heterocycles. The number of aliphatic hydroxyl groups is 2. The second-order valence-corrected chi connectivity index (χ2v) is 5.74. The van der Waals surface area contributed by atoms with Crippen molar-refractivity contribution in [1.82, 2.24) is 0 Å². The number of hydrogen-bond acceptors (Lipinski definition) is 3. The first-order valence-electron chi connectivity index (χ1n) is 5.78. The summed E-state index contributed by atoms with van der Waals surface area (Å²) in [6, 6.07) is 0. The van der Waals surface area contributed by atoms with E-state index in [0.717, 1.165) is 12.8 Å². The van der Waals surface area contributed by atoms with Gasteiger partial charge in [-0.2, -0.15) is 0 Å². The van der Waals surface area contributed by atoms with Crippen LogP contribution in [-0.4, -0.2) is 27.7 Å². The van der Waals surface area contributed by atoms with Crippen molar-refractivity contribution >= 4 is 5.78 Å². The van der Waals surface area contributed by atoms with E-state index in [4.69, 9.17) is 0 Å². The molecule has 4 unspecified atom stereocenters. The molecule has 0 bridgehead atoms. The highest BCUT2D eigenvalue weighted by Crippen LogP contribution is 2.53. The molecule has 0 aliphatic heterocycles. The number of aliphatic hydroxyl groups excluding tert-OH is 1. The predicted octanol–water partition coefficient (Wildman–Crippen LogP) is 1.27. The van der Waals surface area contributed by atoms with Gasteiger partial charge in [0, 0.05) is 12.8 Å². The van der Waals surface area contributed by atoms with Gasteiger partial charge in [0.15, 0.2) is 0 Å². The van der Waals surface area contributed by atoms with Crippen LogP contribution in [0.1, 0.15) is 46.0 Å². The molecule has 0 aromatic carbocycles. The van der Waals surface area contributed by atoms with Crippen molar-refractivity contribution in [3.05, 3.63) is 0 Å². The Hall–Kier alpha value is -0.410. The van der Waals surface area contributed by atoms with Gasteiger partial charge in [0.25, 0.3) is 0 Å². The highest BCUT2D eigenvalue weighted by Gasteiger charge is 2.54. The third kappa shape index (κ3) is 1.62. The number of hydrogen-bond donors (Lipinski definition) is 2. The zero-order valence-corrected chi connectivity index (χ0v) is 9.49. The summed E-state index contributed by atoms with van der Waals surface area (Å²) in [5.74, 6) is 0.368. The molecule has 86 valence electrons. The second kappa shape index (κ2) is 3.29. The van der Waals surface area contributed by atoms with Crippen LogP contribution in [0.5, 0.6) is 0 Å². The van der Waals surface area contributed by atoms with Crippen LogP contribution in [0, 0.1) is 11.3 Å². The maximum atomic E-state index is 11.5. The lowest BCUT2D eigenvalue weighted by molar-refractivity contribution is -0.180. The zero-order chi connectivity index (χ0) is 11.3. The molecule has 0 aromatic rings. The molecule has 3 heteroatoms. The maximum absolute atomic E-state index is 11.5. The lowest BCUT2D eigenvalue weighted by Gasteiger charge is -2.53. The van der Waals surface area contributed by atoms with Gasteiger partial charge in [0.1, 0.15) is 5.78 Å². The van der Waals surface area contributed by atoms with E-state index in [9.17, 15) is 15.0 Å². The van der Waals surface area contributed by atoms with Gasteiger partial charge in [-0.1, -0.05) is 6.92 Å². The van der Waals surface area contributed by atoms with Gasteiger partial charge in [-0.25, -0.2) is 0 Å². The predicted molar refractivity (Wildman–Crippen MR) is 56.3 cm³/mol. The van der Waals surface area contributed by atoms with Gasteiger partial charge >= 0.3 is 0 Å². The van der Waals surface area contributed by atoms with Crippen molar-refractivity contribution in [2.75, 3.05) is 0 Å². The average molecular weight is 212 g/mol. The van der Waals surface area contributed by atoms with E-state index in [2.05, 4.69) is 6.92 Å². The minimum absolute atomic E-state index is 0.0615. The van der Waals surface area contributed by atoms with Crippen molar-refractivity contribution in [2.24, 2.45) is 11.3 Å². The fraction of sp³-hybridized carbons (Fsp3) is 0.917. The molecular formula is C12H20O3. The van der Waals surface area contributed by atoms with Crippen molar-refractivity contribution in [1.29, 1.82) is 0 Å². The molecule has 2 N–H and O–H groups in total. The van der Waals surface area contributed by atoms with E-state index in [1.54, 1.807) is 6.92 Å². The summed E-state index contributed by atoms with van der Waals surface area (Å²) in [6.07, 6.45) is 2.67. The van der Waals surface area contributed by atoms with E-state index in [1.807, 2.05) is 0 Å². The average Bonchev–Trinajstić information content (AvgIpc) is 2.11. The van der Waals surface area contributed by atoms with E-state index in [-0.39, 0.29) is 11.3 Å². The molecule has 2 rings (SSSR count). The maximum Gasteiger partial charge on any atom is 0.133 e. The summed E-state index contributed by atoms with van der Waals surface area (Å²) < 4.78 is 0. The second-order valence-electron chi connectivity index (χ2n) is 5.74. The van der Waals surface area contributed by atoms with Gasteiger partial charge in [0.2, 0.25) is 0 Å². The molecule has 3 nitrogen and oxygen atoms in total. The third-order valence-corrected chi connectivity index (χ3v) is 4.52. The number of ketones is 1. The van der Waals surface area contributed by atoms with Gasteiger partial charge in [0.05, 0.1) is 11.7 Å². The number of fused-ring (bicyclic) bond motifs is 1. The smallest absolute Gasteiger partial charge is 0.133 e. The topological polar surface area (TPSA) is 57.5 Å². The monoisotopic (exact) mass is 212 g/mol. The summed E-state index contributed by atoms with van der Waals surface area (Å²) in [5.41, 5.74) is -1.12. The van der Waals surface area contributed by atoms with Crippen molar-refractivity contribution in [2.45, 2.75) is 57.7 Å². The van der Waals surface area contributed by atoms with Crippen LogP contribution in [0.15, 0.2) is 0 Å². The van der Waals surface area contributed by atoms with E-state index in [1.165, 1.54) is 0 Å². The van der Waals surface area contributed by atoms with Crippen LogP contribution in [0.2, 0.25) is 0 Å². The number of carbonyl (C=O) groups is 1. The molecule has 0 spiro atoms. The highest BCUT2D eigenvalue weighted by molar-refractivity contribution is 5.80. The van der Waals surface area contributed by atoms with E-state index >= 15 is 0 Å². The summed E-state index contributed by atoms with van der Waals surface area (Å²) in [5, 5.41) is 20.1. The lowest BCUT2D eigenvalue weighted by Crippen LogP contribution is -2.58. The van der Waals surface area contributed by atoms with Crippen molar-refractivity contribution in [3.63, 3.8) is 0 Å². The molecular weight excluding hydrogens is 192 g/mol.